The smallest absolute Gasteiger partial charge is 0.225 e. The van der Waals surface area contributed by atoms with E-state index in [2.05, 4.69) is 5.32 Å². The molecular formula is C14H25N3O4S. The van der Waals surface area contributed by atoms with Gasteiger partial charge >= 0.3 is 0 Å². The van der Waals surface area contributed by atoms with Crippen molar-refractivity contribution in [3.8, 4) is 0 Å². The molecule has 2 aliphatic rings. The van der Waals surface area contributed by atoms with Crippen molar-refractivity contribution in [1.29, 1.82) is 0 Å². The van der Waals surface area contributed by atoms with E-state index in [1.54, 1.807) is 4.90 Å². The van der Waals surface area contributed by atoms with Crippen LogP contribution in [-0.2, 0) is 19.6 Å². The van der Waals surface area contributed by atoms with Gasteiger partial charge in [0.15, 0.2) is 0 Å². The van der Waals surface area contributed by atoms with Gasteiger partial charge in [-0.25, -0.2) is 12.7 Å². The first-order valence-corrected chi connectivity index (χ1v) is 9.44. The van der Waals surface area contributed by atoms with E-state index in [1.165, 1.54) is 4.31 Å². The van der Waals surface area contributed by atoms with E-state index in [-0.39, 0.29) is 29.9 Å². The summed E-state index contributed by atoms with van der Waals surface area (Å²) in [6.07, 6.45) is 0.901. The van der Waals surface area contributed by atoms with Crippen LogP contribution >= 0.6 is 0 Å². The topological polar surface area (TPSA) is 86.8 Å². The second kappa shape index (κ2) is 6.95. The number of hydrogen-bond donors (Lipinski definition) is 1. The highest BCUT2D eigenvalue weighted by atomic mass is 32.2. The Bertz CT molecular complexity index is 532. The molecule has 0 spiro atoms. The van der Waals surface area contributed by atoms with E-state index in [0.717, 1.165) is 0 Å². The van der Waals surface area contributed by atoms with Crippen molar-refractivity contribution in [2.24, 2.45) is 11.8 Å². The summed E-state index contributed by atoms with van der Waals surface area (Å²) >= 11 is 0. The molecule has 8 heteroatoms. The number of nitrogens with zero attached hydrogens (tertiary/aromatic N) is 2. The van der Waals surface area contributed by atoms with Gasteiger partial charge in [0.2, 0.25) is 21.8 Å². The van der Waals surface area contributed by atoms with E-state index < -0.39 is 10.0 Å². The lowest BCUT2D eigenvalue weighted by Crippen LogP contribution is -2.39. The summed E-state index contributed by atoms with van der Waals surface area (Å²) in [5.41, 5.74) is 0. The minimum absolute atomic E-state index is 0.0240. The van der Waals surface area contributed by atoms with Crippen molar-refractivity contribution in [2.75, 3.05) is 38.5 Å². The molecule has 2 rings (SSSR count). The molecule has 1 atom stereocenters. The number of hydrogen-bond acceptors (Lipinski definition) is 4. The number of sulfonamides is 1. The van der Waals surface area contributed by atoms with Crippen molar-refractivity contribution < 1.29 is 18.0 Å². The Kier molecular flexibility index (Phi) is 5.44. The molecule has 0 aromatic rings. The van der Waals surface area contributed by atoms with Gasteiger partial charge in [0.25, 0.3) is 0 Å². The minimum Gasteiger partial charge on any atom is -0.354 e. The van der Waals surface area contributed by atoms with E-state index in [0.29, 0.717) is 45.1 Å². The first-order chi connectivity index (χ1) is 10.3. The molecule has 2 heterocycles. The summed E-state index contributed by atoms with van der Waals surface area (Å²) in [4.78, 5) is 25.7. The zero-order chi connectivity index (χ0) is 16.3. The fourth-order valence-electron chi connectivity index (χ4n) is 2.96. The maximum Gasteiger partial charge on any atom is 0.225 e. The Balaban J connectivity index is 1.75. The molecule has 0 aliphatic carbocycles. The van der Waals surface area contributed by atoms with Crippen LogP contribution in [0.1, 0.15) is 26.7 Å². The SMILES string of the molecule is CC(C)CN1C[C@@H](C(=O)NCCN2CCCS2(=O)=O)CC1=O. The quantitative estimate of drug-likeness (QED) is 0.720. The van der Waals surface area contributed by atoms with Crippen LogP contribution in [0.2, 0.25) is 0 Å². The van der Waals surface area contributed by atoms with Crippen LogP contribution in [0, 0.1) is 11.8 Å². The van der Waals surface area contributed by atoms with Crippen LogP contribution in [0.25, 0.3) is 0 Å². The fraction of sp³-hybridized carbons (Fsp3) is 0.857. The Morgan fingerprint density at radius 1 is 1.41 bits per heavy atom. The number of nitrogens with one attached hydrogen (secondary N) is 1. The van der Waals surface area contributed by atoms with Gasteiger partial charge in [-0.3, -0.25) is 9.59 Å². The van der Waals surface area contributed by atoms with Gasteiger partial charge in [0.1, 0.15) is 0 Å². The molecule has 1 N–H and O–H groups in total. The predicted molar refractivity (Wildman–Crippen MR) is 82.5 cm³/mol. The third-order valence-electron chi connectivity index (χ3n) is 4.03. The Hall–Kier alpha value is -1.15. The molecule has 0 bridgehead atoms. The zero-order valence-corrected chi connectivity index (χ0v) is 14.1. The lowest BCUT2D eigenvalue weighted by atomic mass is 10.1. The number of rotatable bonds is 6. The van der Waals surface area contributed by atoms with E-state index >= 15 is 0 Å². The molecule has 2 fully saturated rings. The van der Waals surface area contributed by atoms with Gasteiger partial charge < -0.3 is 10.2 Å². The first kappa shape index (κ1) is 17.2. The molecule has 2 saturated heterocycles. The van der Waals surface area contributed by atoms with Crippen LogP contribution in [0.3, 0.4) is 0 Å². The number of amides is 2. The highest BCUT2D eigenvalue weighted by Gasteiger charge is 2.34. The third kappa shape index (κ3) is 4.19. The largest absolute Gasteiger partial charge is 0.354 e. The lowest BCUT2D eigenvalue weighted by molar-refractivity contribution is -0.129. The Morgan fingerprint density at radius 3 is 2.73 bits per heavy atom. The van der Waals surface area contributed by atoms with Gasteiger partial charge in [0, 0.05) is 39.1 Å². The maximum atomic E-state index is 12.1. The van der Waals surface area contributed by atoms with Gasteiger partial charge in [-0.05, 0) is 12.3 Å². The molecule has 7 nitrogen and oxygen atoms in total. The van der Waals surface area contributed by atoms with Crippen LogP contribution in [0.5, 0.6) is 0 Å². The van der Waals surface area contributed by atoms with Gasteiger partial charge in [-0.2, -0.15) is 0 Å². The number of carbonyl (C=O) groups excluding carboxylic acids is 2. The minimum atomic E-state index is -3.12. The van der Waals surface area contributed by atoms with Gasteiger partial charge in [-0.15, -0.1) is 0 Å². The summed E-state index contributed by atoms with van der Waals surface area (Å²) in [5, 5.41) is 2.76. The standard InChI is InChI=1S/C14H25N3O4S/c1-11(2)9-16-10-12(8-13(16)18)14(19)15-4-6-17-5-3-7-22(17,20)21/h11-12H,3-10H2,1-2H3,(H,15,19)/t12-/m0/s1. The second-order valence-electron chi connectivity index (χ2n) is 6.45. The van der Waals surface area contributed by atoms with Crippen molar-refractivity contribution >= 4 is 21.8 Å². The molecule has 0 aromatic heterocycles. The maximum absolute atomic E-state index is 12.1. The molecule has 2 aliphatic heterocycles. The fourth-order valence-corrected chi connectivity index (χ4v) is 4.48. The first-order valence-electron chi connectivity index (χ1n) is 7.83. The van der Waals surface area contributed by atoms with E-state index in [1.807, 2.05) is 13.8 Å². The van der Waals surface area contributed by atoms with E-state index in [9.17, 15) is 18.0 Å². The summed E-state index contributed by atoms with van der Waals surface area (Å²) in [7, 11) is -3.12. The van der Waals surface area contributed by atoms with Gasteiger partial charge in [-0.1, -0.05) is 13.8 Å². The molecule has 22 heavy (non-hydrogen) atoms. The monoisotopic (exact) mass is 331 g/mol. The summed E-state index contributed by atoms with van der Waals surface area (Å²) in [5.74, 6) is 0.127. The molecule has 0 saturated carbocycles. The van der Waals surface area contributed by atoms with Crippen LogP contribution in [0.15, 0.2) is 0 Å². The molecule has 126 valence electrons. The Labute approximate surface area is 132 Å². The highest BCUT2D eigenvalue weighted by Crippen LogP contribution is 2.19. The predicted octanol–water partition coefficient (Wildman–Crippen LogP) is -0.357. The van der Waals surface area contributed by atoms with Gasteiger partial charge in [0.05, 0.1) is 11.7 Å². The number of likely N-dealkylation sites (tertiary alicyclic amines) is 1. The molecular weight excluding hydrogens is 306 g/mol. The van der Waals surface area contributed by atoms with Crippen molar-refractivity contribution in [3.63, 3.8) is 0 Å². The van der Waals surface area contributed by atoms with Crippen LogP contribution in [0.4, 0.5) is 0 Å². The average Bonchev–Trinajstić information content (AvgIpc) is 2.93. The second-order valence-corrected chi connectivity index (χ2v) is 8.54. The van der Waals surface area contributed by atoms with Crippen LogP contribution < -0.4 is 5.32 Å². The summed E-state index contributed by atoms with van der Waals surface area (Å²) < 4.78 is 24.7. The summed E-state index contributed by atoms with van der Waals surface area (Å²) in [6.45, 7) is 6.35. The third-order valence-corrected chi connectivity index (χ3v) is 5.99. The molecule has 2 amide bonds. The number of carbonyl (C=O) groups is 2. The Morgan fingerprint density at radius 2 is 2.14 bits per heavy atom. The zero-order valence-electron chi connectivity index (χ0n) is 13.2. The van der Waals surface area contributed by atoms with Crippen molar-refractivity contribution in [3.05, 3.63) is 0 Å². The average molecular weight is 331 g/mol. The van der Waals surface area contributed by atoms with Crippen LogP contribution in [-0.4, -0.2) is 67.9 Å². The molecule has 0 unspecified atom stereocenters. The summed E-state index contributed by atoms with van der Waals surface area (Å²) in [6, 6.07) is 0. The molecule has 0 aromatic carbocycles. The van der Waals surface area contributed by atoms with Crippen molar-refractivity contribution in [2.45, 2.75) is 26.7 Å². The lowest BCUT2D eigenvalue weighted by Gasteiger charge is -2.19. The van der Waals surface area contributed by atoms with E-state index in [4.69, 9.17) is 0 Å². The highest BCUT2D eigenvalue weighted by molar-refractivity contribution is 7.89. The van der Waals surface area contributed by atoms with Crippen molar-refractivity contribution in [1.82, 2.24) is 14.5 Å². The normalized spacial score (nSPS) is 25.1. The molecule has 0 radical (unpaired) electrons.